The number of terminal acetylenes is 1. The van der Waals surface area contributed by atoms with Gasteiger partial charge >= 0.3 is 23.9 Å². The average Bonchev–Trinajstić information content (AvgIpc) is 2.56. The summed E-state index contributed by atoms with van der Waals surface area (Å²) in [6.45, 7) is 4.01. The highest BCUT2D eigenvalue weighted by Gasteiger charge is 2.52. The normalized spacial score (nSPS) is 26.2. The molecule has 0 aromatic carbocycles. The SMILES string of the molecule is C#CC(=O)N[C@H]1C(OC(C)=O)O[C@H](COC(C)=O)[C@H](OC(C)=O)[C@@H]1OC(C)=O. The maximum absolute atomic E-state index is 11.7. The lowest BCUT2D eigenvalue weighted by atomic mass is 9.96. The van der Waals surface area contributed by atoms with Gasteiger partial charge in [-0.25, -0.2) is 0 Å². The standard InChI is InChI=1S/C17H21NO10/c1-6-13(23)18-14-16(26-10(4)21)15(25-9(3)20)12(7-24-8(2)19)28-17(14)27-11(5)22/h1,12,14-17H,7H2,2-5H3,(H,18,23)/t12-,14-,15+,16-,17?/m1/s1. The number of nitrogens with one attached hydrogen (secondary N) is 1. The number of amides is 1. The van der Waals surface area contributed by atoms with Crippen molar-refractivity contribution < 1.29 is 47.7 Å². The molecule has 28 heavy (non-hydrogen) atoms. The first-order chi connectivity index (χ1) is 13.0. The summed E-state index contributed by atoms with van der Waals surface area (Å²) in [7, 11) is 0. The fourth-order valence-electron chi connectivity index (χ4n) is 2.51. The Balaban J connectivity index is 3.33. The van der Waals surface area contributed by atoms with Gasteiger partial charge < -0.3 is 29.0 Å². The van der Waals surface area contributed by atoms with Crippen LogP contribution in [-0.2, 0) is 47.7 Å². The Hall–Kier alpha value is -3.13. The summed E-state index contributed by atoms with van der Waals surface area (Å²) < 4.78 is 25.8. The summed E-state index contributed by atoms with van der Waals surface area (Å²) in [5.41, 5.74) is 0. The summed E-state index contributed by atoms with van der Waals surface area (Å²) in [6, 6.07) is -1.30. The average molecular weight is 399 g/mol. The van der Waals surface area contributed by atoms with E-state index in [9.17, 15) is 24.0 Å². The fourth-order valence-corrected chi connectivity index (χ4v) is 2.51. The van der Waals surface area contributed by atoms with Gasteiger partial charge in [0.25, 0.3) is 5.91 Å². The molecular weight excluding hydrogens is 378 g/mol. The Morgan fingerprint density at radius 3 is 1.89 bits per heavy atom. The van der Waals surface area contributed by atoms with Crippen LogP contribution in [0.3, 0.4) is 0 Å². The molecule has 1 aliphatic heterocycles. The Morgan fingerprint density at radius 2 is 1.43 bits per heavy atom. The van der Waals surface area contributed by atoms with E-state index in [2.05, 4.69) is 5.32 Å². The monoisotopic (exact) mass is 399 g/mol. The van der Waals surface area contributed by atoms with Crippen LogP contribution in [0.15, 0.2) is 0 Å². The van der Waals surface area contributed by atoms with Gasteiger partial charge in [0.15, 0.2) is 12.2 Å². The second-order valence-corrected chi connectivity index (χ2v) is 5.75. The van der Waals surface area contributed by atoms with Crippen molar-refractivity contribution in [3.63, 3.8) is 0 Å². The van der Waals surface area contributed by atoms with Crippen LogP contribution in [0, 0.1) is 12.3 Å². The first-order valence-corrected chi connectivity index (χ1v) is 8.12. The first-order valence-electron chi connectivity index (χ1n) is 8.12. The molecule has 5 atom stereocenters. The summed E-state index contributed by atoms with van der Waals surface area (Å²) in [6.07, 6.45) is -0.233. The van der Waals surface area contributed by atoms with Gasteiger partial charge in [0.2, 0.25) is 6.29 Å². The Kier molecular flexibility index (Phi) is 8.40. The maximum Gasteiger partial charge on any atom is 0.305 e. The van der Waals surface area contributed by atoms with E-state index in [0.717, 1.165) is 27.7 Å². The van der Waals surface area contributed by atoms with Crippen molar-refractivity contribution in [1.82, 2.24) is 5.32 Å². The smallest absolute Gasteiger partial charge is 0.305 e. The third-order valence-electron chi connectivity index (χ3n) is 3.41. The predicted octanol–water partition coefficient (Wildman–Crippen LogP) is -1.18. The molecule has 1 N–H and O–H groups in total. The molecule has 1 unspecified atom stereocenters. The van der Waals surface area contributed by atoms with Crippen molar-refractivity contribution in [2.75, 3.05) is 6.61 Å². The number of carbonyl (C=O) groups is 5. The zero-order valence-corrected chi connectivity index (χ0v) is 15.8. The van der Waals surface area contributed by atoms with Crippen molar-refractivity contribution >= 4 is 29.8 Å². The third kappa shape index (κ3) is 6.88. The fraction of sp³-hybridized carbons (Fsp3) is 0.588. The molecule has 11 nitrogen and oxygen atoms in total. The van der Waals surface area contributed by atoms with E-state index in [1.165, 1.54) is 0 Å². The van der Waals surface area contributed by atoms with Crippen LogP contribution in [-0.4, -0.2) is 67.0 Å². The predicted molar refractivity (Wildman–Crippen MR) is 88.9 cm³/mol. The molecular formula is C17H21NO10. The second kappa shape index (κ2) is 10.3. The Bertz CT molecular complexity index is 682. The van der Waals surface area contributed by atoms with Crippen LogP contribution in [0.2, 0.25) is 0 Å². The van der Waals surface area contributed by atoms with Gasteiger partial charge in [-0.2, -0.15) is 0 Å². The Morgan fingerprint density at radius 1 is 0.893 bits per heavy atom. The highest BCUT2D eigenvalue weighted by Crippen LogP contribution is 2.28. The molecule has 0 radical (unpaired) electrons. The van der Waals surface area contributed by atoms with Crippen molar-refractivity contribution in [1.29, 1.82) is 0 Å². The van der Waals surface area contributed by atoms with Crippen LogP contribution in [0.1, 0.15) is 27.7 Å². The summed E-state index contributed by atoms with van der Waals surface area (Å²) in [4.78, 5) is 57.4. The van der Waals surface area contributed by atoms with E-state index >= 15 is 0 Å². The highest BCUT2D eigenvalue weighted by atomic mass is 16.7. The van der Waals surface area contributed by atoms with E-state index < -0.39 is 67.0 Å². The molecule has 1 rings (SSSR count). The zero-order valence-electron chi connectivity index (χ0n) is 15.8. The molecule has 154 valence electrons. The van der Waals surface area contributed by atoms with Gasteiger partial charge in [-0.15, -0.1) is 6.42 Å². The number of rotatable bonds is 6. The largest absolute Gasteiger partial charge is 0.463 e. The van der Waals surface area contributed by atoms with Gasteiger partial charge in [-0.3, -0.25) is 24.0 Å². The molecule has 1 heterocycles. The lowest BCUT2D eigenvalue weighted by Crippen LogP contribution is -2.66. The molecule has 1 saturated heterocycles. The van der Waals surface area contributed by atoms with E-state index in [4.69, 9.17) is 30.1 Å². The molecule has 0 bridgehead atoms. The van der Waals surface area contributed by atoms with Gasteiger partial charge in [0.05, 0.1) is 0 Å². The van der Waals surface area contributed by atoms with E-state index in [0.29, 0.717) is 0 Å². The molecule has 0 aliphatic carbocycles. The quantitative estimate of drug-likeness (QED) is 0.329. The maximum atomic E-state index is 11.7. The minimum atomic E-state index is -1.47. The molecule has 0 spiro atoms. The van der Waals surface area contributed by atoms with Crippen molar-refractivity contribution in [3.05, 3.63) is 0 Å². The second-order valence-electron chi connectivity index (χ2n) is 5.75. The van der Waals surface area contributed by atoms with Crippen molar-refractivity contribution in [2.24, 2.45) is 0 Å². The Labute approximate surface area is 160 Å². The van der Waals surface area contributed by atoms with Gasteiger partial charge in [-0.05, 0) is 5.92 Å². The number of hydrogen-bond donors (Lipinski definition) is 1. The molecule has 11 heteroatoms. The van der Waals surface area contributed by atoms with Crippen LogP contribution in [0.25, 0.3) is 0 Å². The van der Waals surface area contributed by atoms with Gasteiger partial charge in [-0.1, -0.05) is 0 Å². The number of esters is 4. The topological polar surface area (TPSA) is 144 Å². The van der Waals surface area contributed by atoms with E-state index in [1.54, 1.807) is 5.92 Å². The van der Waals surface area contributed by atoms with E-state index in [-0.39, 0.29) is 0 Å². The lowest BCUT2D eigenvalue weighted by Gasteiger charge is -2.44. The van der Waals surface area contributed by atoms with Gasteiger partial charge in [0.1, 0.15) is 18.8 Å². The van der Waals surface area contributed by atoms with Crippen molar-refractivity contribution in [2.45, 2.75) is 58.3 Å². The molecule has 0 aromatic heterocycles. The minimum Gasteiger partial charge on any atom is -0.463 e. The minimum absolute atomic E-state index is 0.404. The molecule has 1 amide bonds. The number of ether oxygens (including phenoxy) is 5. The number of hydrogen-bond acceptors (Lipinski definition) is 10. The highest BCUT2D eigenvalue weighted by molar-refractivity contribution is 5.93. The zero-order chi connectivity index (χ0) is 21.4. The first kappa shape index (κ1) is 22.9. The lowest BCUT2D eigenvalue weighted by molar-refractivity contribution is -0.270. The summed E-state index contributed by atoms with van der Waals surface area (Å²) in [5, 5.41) is 2.31. The van der Waals surface area contributed by atoms with Crippen LogP contribution < -0.4 is 5.32 Å². The van der Waals surface area contributed by atoms with Crippen LogP contribution >= 0.6 is 0 Å². The van der Waals surface area contributed by atoms with Crippen LogP contribution in [0.5, 0.6) is 0 Å². The molecule has 0 aromatic rings. The van der Waals surface area contributed by atoms with E-state index in [1.807, 2.05) is 0 Å². The van der Waals surface area contributed by atoms with Crippen LogP contribution in [0.4, 0.5) is 0 Å². The summed E-state index contributed by atoms with van der Waals surface area (Å²) in [5.74, 6) is -2.08. The summed E-state index contributed by atoms with van der Waals surface area (Å²) >= 11 is 0. The van der Waals surface area contributed by atoms with Crippen molar-refractivity contribution in [3.8, 4) is 12.3 Å². The molecule has 1 aliphatic rings. The van der Waals surface area contributed by atoms with Gasteiger partial charge in [0, 0.05) is 27.7 Å². The molecule has 0 saturated carbocycles. The molecule has 1 fully saturated rings. The third-order valence-corrected chi connectivity index (χ3v) is 3.41. The number of carbonyl (C=O) groups excluding carboxylic acids is 5.